The number of fused-ring (bicyclic) bond motifs is 1. The van der Waals surface area contributed by atoms with Gasteiger partial charge in [-0.05, 0) is 37.1 Å². The maximum absolute atomic E-state index is 13.9. The molecule has 3 aromatic carbocycles. The first-order valence-corrected chi connectivity index (χ1v) is 14.6. The molecule has 2 amide bonds. The molecule has 0 spiro atoms. The number of carbonyl (C=O) groups excluding carboxylic acids is 2. The zero-order valence-corrected chi connectivity index (χ0v) is 23.6. The number of rotatable bonds is 5. The molecule has 40 heavy (non-hydrogen) atoms. The van der Waals surface area contributed by atoms with E-state index in [1.165, 1.54) is 0 Å². The number of hydrogen-bond acceptors (Lipinski definition) is 5. The third kappa shape index (κ3) is 5.17. The van der Waals surface area contributed by atoms with Crippen molar-refractivity contribution in [2.45, 2.75) is 19.1 Å². The van der Waals surface area contributed by atoms with E-state index in [9.17, 15) is 9.59 Å². The highest BCUT2D eigenvalue weighted by Gasteiger charge is 2.38. The van der Waals surface area contributed by atoms with Gasteiger partial charge in [-0.15, -0.1) is 11.8 Å². The number of benzene rings is 3. The predicted octanol–water partition coefficient (Wildman–Crippen LogP) is 5.18. The van der Waals surface area contributed by atoms with Crippen molar-refractivity contribution < 1.29 is 14.3 Å². The number of thioether (sulfide) groups is 1. The Labute approximate surface area is 238 Å². The molecule has 204 valence electrons. The maximum atomic E-state index is 13.9. The second-order valence-electron chi connectivity index (χ2n) is 10.3. The van der Waals surface area contributed by atoms with Crippen molar-refractivity contribution in [3.8, 4) is 16.9 Å². The minimum Gasteiger partial charge on any atom is -0.378 e. The van der Waals surface area contributed by atoms with E-state index < -0.39 is 0 Å². The van der Waals surface area contributed by atoms with Gasteiger partial charge < -0.3 is 9.64 Å². The van der Waals surface area contributed by atoms with Crippen molar-refractivity contribution in [2.75, 3.05) is 43.5 Å². The van der Waals surface area contributed by atoms with Crippen LogP contribution in [0, 0.1) is 13.8 Å². The summed E-state index contributed by atoms with van der Waals surface area (Å²) in [6.45, 7) is 6.16. The standard InChI is InChI=1S/C32H32N4O3S/c1-22-8-6-12-25(18-22)31-29-30(24-10-4-3-5-11-24)33-36(26-13-7-9-23(2)19-26)32(29)35(28(38)21-40-31)20-27(37)34-14-16-39-17-15-34/h3-13,18-19,31H,14-17,20-21H2,1-2H3. The van der Waals surface area contributed by atoms with Crippen LogP contribution >= 0.6 is 11.8 Å². The first-order valence-electron chi connectivity index (χ1n) is 13.6. The lowest BCUT2D eigenvalue weighted by Gasteiger charge is -2.30. The predicted molar refractivity (Wildman–Crippen MR) is 159 cm³/mol. The van der Waals surface area contributed by atoms with Gasteiger partial charge in [-0.1, -0.05) is 72.3 Å². The van der Waals surface area contributed by atoms with Gasteiger partial charge in [0.15, 0.2) is 0 Å². The zero-order chi connectivity index (χ0) is 27.6. The average Bonchev–Trinajstić information content (AvgIpc) is 3.30. The summed E-state index contributed by atoms with van der Waals surface area (Å²) in [5.74, 6) is 0.731. The van der Waals surface area contributed by atoms with Crippen LogP contribution in [-0.2, 0) is 14.3 Å². The van der Waals surface area contributed by atoms with Crippen LogP contribution in [0.1, 0.15) is 27.5 Å². The molecule has 6 rings (SSSR count). The second kappa shape index (κ2) is 11.3. The van der Waals surface area contributed by atoms with Crippen LogP contribution < -0.4 is 4.90 Å². The van der Waals surface area contributed by atoms with Crippen LogP contribution in [0.4, 0.5) is 5.82 Å². The minimum atomic E-state index is -0.142. The Morgan fingerprint density at radius 3 is 2.40 bits per heavy atom. The Morgan fingerprint density at radius 2 is 1.68 bits per heavy atom. The van der Waals surface area contributed by atoms with E-state index in [0.29, 0.717) is 32.1 Å². The van der Waals surface area contributed by atoms with Gasteiger partial charge in [0.1, 0.15) is 12.4 Å². The van der Waals surface area contributed by atoms with Crippen LogP contribution in [0.5, 0.6) is 0 Å². The molecule has 7 nitrogen and oxygen atoms in total. The molecule has 2 aliphatic rings. The van der Waals surface area contributed by atoms with E-state index in [1.807, 2.05) is 48.0 Å². The van der Waals surface area contributed by atoms with E-state index in [0.717, 1.165) is 39.2 Å². The lowest BCUT2D eigenvalue weighted by molar-refractivity contribution is -0.134. The lowest BCUT2D eigenvalue weighted by Crippen LogP contribution is -2.48. The molecule has 0 N–H and O–H groups in total. The Bertz CT molecular complexity index is 1550. The molecule has 0 radical (unpaired) electrons. The van der Waals surface area contributed by atoms with E-state index in [-0.39, 0.29) is 29.4 Å². The highest BCUT2D eigenvalue weighted by atomic mass is 32.2. The van der Waals surface area contributed by atoms with Gasteiger partial charge in [-0.3, -0.25) is 14.5 Å². The Kier molecular flexibility index (Phi) is 7.45. The van der Waals surface area contributed by atoms with Crippen LogP contribution in [-0.4, -0.2) is 65.1 Å². The summed E-state index contributed by atoms with van der Waals surface area (Å²) in [4.78, 5) is 30.9. The topological polar surface area (TPSA) is 67.7 Å². The summed E-state index contributed by atoms with van der Waals surface area (Å²) in [5.41, 5.74) is 6.94. The number of nitrogens with zero attached hydrogens (tertiary/aromatic N) is 4. The minimum absolute atomic E-state index is 0.0430. The molecule has 4 aromatic rings. The first kappa shape index (κ1) is 26.3. The average molecular weight is 553 g/mol. The normalized spacial score (nSPS) is 17.4. The van der Waals surface area contributed by atoms with Crippen LogP contribution in [0.15, 0.2) is 78.9 Å². The van der Waals surface area contributed by atoms with Crippen molar-refractivity contribution in [3.05, 3.63) is 101 Å². The number of morpholine rings is 1. The lowest BCUT2D eigenvalue weighted by atomic mass is 9.98. The second-order valence-corrected chi connectivity index (χ2v) is 11.4. The van der Waals surface area contributed by atoms with Crippen molar-refractivity contribution in [2.24, 2.45) is 0 Å². The number of anilines is 1. The summed E-state index contributed by atoms with van der Waals surface area (Å²) in [6, 6.07) is 26.6. The molecule has 0 saturated carbocycles. The SMILES string of the molecule is Cc1cccc(C2SCC(=O)N(CC(=O)N3CCOCC3)c3c2c(-c2ccccc2)nn3-c2cccc(C)c2)c1. The van der Waals surface area contributed by atoms with Gasteiger partial charge in [0.05, 0.1) is 35.6 Å². The Morgan fingerprint density at radius 1 is 0.950 bits per heavy atom. The molecule has 1 atom stereocenters. The van der Waals surface area contributed by atoms with Crippen molar-refractivity contribution in [1.82, 2.24) is 14.7 Å². The summed E-state index contributed by atoms with van der Waals surface area (Å²) in [6.07, 6.45) is 0. The number of amides is 2. The van der Waals surface area contributed by atoms with Crippen LogP contribution in [0.3, 0.4) is 0 Å². The fourth-order valence-electron chi connectivity index (χ4n) is 5.41. The quantitative estimate of drug-likeness (QED) is 0.341. The molecular formula is C32H32N4O3S. The molecular weight excluding hydrogens is 520 g/mol. The monoisotopic (exact) mass is 552 g/mol. The fourth-order valence-corrected chi connectivity index (χ4v) is 6.60. The van der Waals surface area contributed by atoms with Gasteiger partial charge in [0.2, 0.25) is 11.8 Å². The Balaban J connectivity index is 1.59. The van der Waals surface area contributed by atoms with Crippen molar-refractivity contribution in [3.63, 3.8) is 0 Å². The highest BCUT2D eigenvalue weighted by Crippen LogP contribution is 2.48. The molecule has 1 saturated heterocycles. The van der Waals surface area contributed by atoms with Crippen LogP contribution in [0.2, 0.25) is 0 Å². The molecule has 0 aliphatic carbocycles. The third-order valence-electron chi connectivity index (χ3n) is 7.38. The first-order chi connectivity index (χ1) is 19.5. The smallest absolute Gasteiger partial charge is 0.242 e. The van der Waals surface area contributed by atoms with Crippen molar-refractivity contribution >= 4 is 29.4 Å². The number of aromatic nitrogens is 2. The van der Waals surface area contributed by atoms with E-state index in [2.05, 4.69) is 49.4 Å². The third-order valence-corrected chi connectivity index (χ3v) is 8.64. The molecule has 1 aromatic heterocycles. The van der Waals surface area contributed by atoms with E-state index >= 15 is 0 Å². The number of aryl methyl sites for hydroxylation is 2. The molecule has 0 bridgehead atoms. The van der Waals surface area contributed by atoms with Gasteiger partial charge >= 0.3 is 0 Å². The number of carbonyl (C=O) groups is 2. The van der Waals surface area contributed by atoms with Gasteiger partial charge in [0, 0.05) is 24.2 Å². The van der Waals surface area contributed by atoms with E-state index in [1.54, 1.807) is 21.6 Å². The summed E-state index contributed by atoms with van der Waals surface area (Å²) in [5, 5.41) is 5.04. The molecule has 3 heterocycles. The largest absolute Gasteiger partial charge is 0.378 e. The molecule has 1 unspecified atom stereocenters. The number of hydrogen-bond donors (Lipinski definition) is 0. The summed E-state index contributed by atoms with van der Waals surface area (Å²) >= 11 is 1.59. The van der Waals surface area contributed by atoms with Gasteiger partial charge in [-0.2, -0.15) is 5.10 Å². The molecule has 8 heteroatoms. The fraction of sp³-hybridized carbons (Fsp3) is 0.281. The number of ether oxygens (including phenoxy) is 1. The zero-order valence-electron chi connectivity index (χ0n) is 22.7. The highest BCUT2D eigenvalue weighted by molar-refractivity contribution is 8.00. The Hall–Kier alpha value is -3.88. The van der Waals surface area contributed by atoms with Crippen LogP contribution in [0.25, 0.3) is 16.9 Å². The maximum Gasteiger partial charge on any atom is 0.242 e. The molecule has 2 aliphatic heterocycles. The van der Waals surface area contributed by atoms with E-state index in [4.69, 9.17) is 9.84 Å². The summed E-state index contributed by atoms with van der Waals surface area (Å²) < 4.78 is 7.32. The van der Waals surface area contributed by atoms with Gasteiger partial charge in [-0.25, -0.2) is 4.68 Å². The van der Waals surface area contributed by atoms with Crippen molar-refractivity contribution in [1.29, 1.82) is 0 Å². The molecule has 1 fully saturated rings. The summed E-state index contributed by atoms with van der Waals surface area (Å²) in [7, 11) is 0. The van der Waals surface area contributed by atoms with Gasteiger partial charge in [0.25, 0.3) is 0 Å².